The maximum Gasteiger partial charge on any atom is 0.123 e. The Balaban J connectivity index is 3.09. The molecular formula is C8H8FO. The molecule has 0 amide bonds. The van der Waals surface area contributed by atoms with Crippen molar-refractivity contribution in [1.29, 1.82) is 0 Å². The molecule has 0 atom stereocenters. The van der Waals surface area contributed by atoms with Crippen LogP contribution in [0.15, 0.2) is 18.2 Å². The van der Waals surface area contributed by atoms with Gasteiger partial charge in [-0.3, -0.25) is 0 Å². The number of benzene rings is 1. The van der Waals surface area contributed by atoms with Crippen LogP contribution in [0.25, 0.3) is 0 Å². The molecule has 0 aromatic heterocycles. The van der Waals surface area contributed by atoms with Crippen LogP contribution >= 0.6 is 0 Å². The second-order valence-electron chi connectivity index (χ2n) is 2.13. The van der Waals surface area contributed by atoms with Gasteiger partial charge in [0.15, 0.2) is 0 Å². The van der Waals surface area contributed by atoms with Crippen molar-refractivity contribution in [3.8, 4) is 0 Å². The maximum atomic E-state index is 12.4. The minimum atomic E-state index is -0.328. The fourth-order valence-corrected chi connectivity index (χ4v) is 0.750. The van der Waals surface area contributed by atoms with E-state index >= 15 is 0 Å². The van der Waals surface area contributed by atoms with Crippen LogP contribution in [0.1, 0.15) is 11.1 Å². The SMILES string of the molecule is Cc1ccc(F)cc1[CH]O. The lowest BCUT2D eigenvalue weighted by atomic mass is 10.1. The number of aryl methyl sites for hydroxylation is 1. The van der Waals surface area contributed by atoms with Crippen LogP contribution in [0.3, 0.4) is 0 Å². The summed E-state index contributed by atoms with van der Waals surface area (Å²) in [7, 11) is 0. The molecule has 0 aliphatic carbocycles. The average Bonchev–Trinajstić information content (AvgIpc) is 1.94. The van der Waals surface area contributed by atoms with Gasteiger partial charge in [0.25, 0.3) is 0 Å². The Hall–Kier alpha value is -0.890. The maximum absolute atomic E-state index is 12.4. The van der Waals surface area contributed by atoms with Gasteiger partial charge < -0.3 is 5.11 Å². The summed E-state index contributed by atoms with van der Waals surface area (Å²) in [6.07, 6.45) is 0. The van der Waals surface area contributed by atoms with Crippen molar-refractivity contribution in [2.45, 2.75) is 6.92 Å². The van der Waals surface area contributed by atoms with E-state index in [9.17, 15) is 4.39 Å². The zero-order chi connectivity index (χ0) is 7.56. The summed E-state index contributed by atoms with van der Waals surface area (Å²) in [6, 6.07) is 4.27. The van der Waals surface area contributed by atoms with E-state index in [2.05, 4.69) is 0 Å². The fourth-order valence-electron chi connectivity index (χ4n) is 0.750. The molecule has 1 radical (unpaired) electrons. The quantitative estimate of drug-likeness (QED) is 0.631. The minimum Gasteiger partial charge on any atom is -0.385 e. The third-order valence-corrected chi connectivity index (χ3v) is 1.38. The topological polar surface area (TPSA) is 20.2 Å². The van der Waals surface area contributed by atoms with Gasteiger partial charge in [0.2, 0.25) is 0 Å². The number of aliphatic hydroxyl groups excluding tert-OH is 1. The summed E-state index contributed by atoms with van der Waals surface area (Å²) >= 11 is 0. The fraction of sp³-hybridized carbons (Fsp3) is 0.125. The van der Waals surface area contributed by atoms with Crippen LogP contribution in [0.4, 0.5) is 4.39 Å². The summed E-state index contributed by atoms with van der Waals surface area (Å²) in [5.74, 6) is -0.328. The lowest BCUT2D eigenvalue weighted by Gasteiger charge is -1.99. The van der Waals surface area contributed by atoms with Crippen molar-refractivity contribution in [1.82, 2.24) is 0 Å². The third kappa shape index (κ3) is 1.33. The van der Waals surface area contributed by atoms with E-state index in [1.165, 1.54) is 12.1 Å². The molecule has 0 heterocycles. The number of hydrogen-bond donors (Lipinski definition) is 1. The van der Waals surface area contributed by atoms with Gasteiger partial charge in [-0.2, -0.15) is 0 Å². The van der Waals surface area contributed by atoms with E-state index in [1.807, 2.05) is 6.92 Å². The zero-order valence-electron chi connectivity index (χ0n) is 5.63. The molecule has 0 unspecified atom stereocenters. The van der Waals surface area contributed by atoms with E-state index in [1.54, 1.807) is 6.07 Å². The number of hydrogen-bond acceptors (Lipinski definition) is 1. The van der Waals surface area contributed by atoms with Crippen LogP contribution in [0.5, 0.6) is 0 Å². The highest BCUT2D eigenvalue weighted by Gasteiger charge is 1.97. The average molecular weight is 139 g/mol. The molecular weight excluding hydrogens is 131 g/mol. The summed E-state index contributed by atoms with van der Waals surface area (Å²) in [4.78, 5) is 0. The molecule has 2 heteroatoms. The van der Waals surface area contributed by atoms with E-state index in [0.717, 1.165) is 12.2 Å². The molecule has 1 aromatic rings. The van der Waals surface area contributed by atoms with Gasteiger partial charge in [-0.05, 0) is 30.2 Å². The van der Waals surface area contributed by atoms with Crippen LogP contribution in [0, 0.1) is 19.3 Å². The van der Waals surface area contributed by atoms with Crippen LogP contribution < -0.4 is 0 Å². The number of halogens is 1. The van der Waals surface area contributed by atoms with Crippen molar-refractivity contribution >= 4 is 0 Å². The molecule has 0 aliphatic rings. The molecule has 0 saturated heterocycles. The first kappa shape index (κ1) is 7.22. The molecule has 53 valence electrons. The predicted molar refractivity (Wildman–Crippen MR) is 36.5 cm³/mol. The van der Waals surface area contributed by atoms with Crippen molar-refractivity contribution in [2.75, 3.05) is 0 Å². The van der Waals surface area contributed by atoms with Gasteiger partial charge in [-0.15, -0.1) is 0 Å². The highest BCUT2D eigenvalue weighted by Crippen LogP contribution is 2.10. The summed E-state index contributed by atoms with van der Waals surface area (Å²) in [5, 5.41) is 8.55. The number of aliphatic hydroxyl groups is 1. The van der Waals surface area contributed by atoms with Gasteiger partial charge in [0.05, 0.1) is 0 Å². The first-order chi connectivity index (χ1) is 4.74. The zero-order valence-corrected chi connectivity index (χ0v) is 5.63. The van der Waals surface area contributed by atoms with Crippen molar-refractivity contribution in [3.05, 3.63) is 41.8 Å². The smallest absolute Gasteiger partial charge is 0.123 e. The molecule has 10 heavy (non-hydrogen) atoms. The van der Waals surface area contributed by atoms with Gasteiger partial charge in [-0.1, -0.05) is 6.07 Å². The van der Waals surface area contributed by atoms with Crippen molar-refractivity contribution in [2.24, 2.45) is 0 Å². The standard InChI is InChI=1S/C8H8FO/c1-6-2-3-8(9)4-7(6)5-10/h2-5,10H,1H3. The summed E-state index contributed by atoms with van der Waals surface area (Å²) < 4.78 is 12.4. The first-order valence-corrected chi connectivity index (χ1v) is 2.97. The Morgan fingerprint density at radius 1 is 1.50 bits per heavy atom. The summed E-state index contributed by atoms with van der Waals surface area (Å²) in [5.41, 5.74) is 1.39. The van der Waals surface area contributed by atoms with Gasteiger partial charge in [0, 0.05) is 0 Å². The monoisotopic (exact) mass is 139 g/mol. The van der Waals surface area contributed by atoms with E-state index in [-0.39, 0.29) is 5.82 Å². The van der Waals surface area contributed by atoms with Gasteiger partial charge >= 0.3 is 0 Å². The van der Waals surface area contributed by atoms with Gasteiger partial charge in [0.1, 0.15) is 12.4 Å². The largest absolute Gasteiger partial charge is 0.385 e. The molecule has 0 saturated carbocycles. The Labute approximate surface area is 59.1 Å². The van der Waals surface area contributed by atoms with Crippen LogP contribution in [-0.4, -0.2) is 5.11 Å². The Morgan fingerprint density at radius 2 is 2.20 bits per heavy atom. The van der Waals surface area contributed by atoms with E-state index in [0.29, 0.717) is 5.56 Å². The number of rotatable bonds is 1. The minimum absolute atomic E-state index is 0.328. The highest BCUT2D eigenvalue weighted by atomic mass is 19.1. The molecule has 1 rings (SSSR count). The molecule has 0 spiro atoms. The van der Waals surface area contributed by atoms with Crippen LogP contribution in [0.2, 0.25) is 0 Å². The molecule has 0 bridgehead atoms. The Kier molecular flexibility index (Phi) is 2.02. The molecule has 1 nitrogen and oxygen atoms in total. The lowest BCUT2D eigenvalue weighted by Crippen LogP contribution is -1.86. The highest BCUT2D eigenvalue weighted by molar-refractivity contribution is 5.30. The summed E-state index contributed by atoms with van der Waals surface area (Å²) in [6.45, 7) is 2.71. The van der Waals surface area contributed by atoms with Crippen molar-refractivity contribution < 1.29 is 9.50 Å². The van der Waals surface area contributed by atoms with Crippen molar-refractivity contribution in [3.63, 3.8) is 0 Å². The first-order valence-electron chi connectivity index (χ1n) is 2.97. The third-order valence-electron chi connectivity index (χ3n) is 1.38. The normalized spacial score (nSPS) is 9.90. The van der Waals surface area contributed by atoms with E-state index in [4.69, 9.17) is 5.11 Å². The Morgan fingerprint density at radius 3 is 2.70 bits per heavy atom. The Bertz CT molecular complexity index is 233. The lowest BCUT2D eigenvalue weighted by molar-refractivity contribution is 0.413. The second kappa shape index (κ2) is 2.80. The van der Waals surface area contributed by atoms with E-state index < -0.39 is 0 Å². The van der Waals surface area contributed by atoms with Gasteiger partial charge in [-0.25, -0.2) is 4.39 Å². The second-order valence-corrected chi connectivity index (χ2v) is 2.13. The molecule has 1 N–H and O–H groups in total. The van der Waals surface area contributed by atoms with Crippen LogP contribution in [-0.2, 0) is 0 Å². The molecule has 0 fully saturated rings. The molecule has 0 aliphatic heterocycles. The predicted octanol–water partition coefficient (Wildman–Crippen LogP) is 2.02. The molecule has 1 aromatic carbocycles.